The Morgan fingerprint density at radius 3 is 2.39 bits per heavy atom. The molecule has 0 radical (unpaired) electrons. The average Bonchev–Trinajstić information content (AvgIpc) is 3.32. The lowest BCUT2D eigenvalue weighted by Crippen LogP contribution is -2.58. The summed E-state index contributed by atoms with van der Waals surface area (Å²) in [5.41, 5.74) is 0.202. The first-order chi connectivity index (χ1) is 24.4. The zero-order valence-electron chi connectivity index (χ0n) is 32.3. The highest BCUT2D eigenvalue weighted by molar-refractivity contribution is 5.73. The van der Waals surface area contributed by atoms with Gasteiger partial charge >= 0.3 is 5.97 Å². The van der Waals surface area contributed by atoms with Crippen LogP contribution in [0.2, 0.25) is 0 Å². The van der Waals surface area contributed by atoms with Crippen molar-refractivity contribution in [2.24, 2.45) is 51.2 Å². The zero-order chi connectivity index (χ0) is 36.0. The molecule has 9 rings (SSSR count). The summed E-state index contributed by atoms with van der Waals surface area (Å²) >= 11 is 0. The minimum atomic E-state index is -1.17. The molecule has 0 aromatic rings. The third-order valence-electron chi connectivity index (χ3n) is 16.6. The highest BCUT2D eigenvalue weighted by Gasteiger charge is 2.80. The number of fused-ring (bicyclic) bond motifs is 4. The van der Waals surface area contributed by atoms with Gasteiger partial charge in [-0.1, -0.05) is 20.8 Å². The Hall–Kier alpha value is -0.850. The van der Waals surface area contributed by atoms with E-state index in [1.807, 2.05) is 0 Å². The van der Waals surface area contributed by atoms with Crippen molar-refractivity contribution in [2.75, 3.05) is 53.2 Å². The molecule has 10 unspecified atom stereocenters. The van der Waals surface area contributed by atoms with E-state index in [0.29, 0.717) is 59.7 Å². The summed E-state index contributed by atoms with van der Waals surface area (Å²) < 4.78 is 37.1. The lowest BCUT2D eigenvalue weighted by Gasteiger charge is -2.60. The number of ether oxygens (including phenoxy) is 6. The van der Waals surface area contributed by atoms with Crippen molar-refractivity contribution in [3.63, 3.8) is 0 Å². The Balaban J connectivity index is 0.00000138. The lowest BCUT2D eigenvalue weighted by molar-refractivity contribution is -0.253. The molecule has 5 aliphatic carbocycles. The molecule has 13 atom stereocenters. The second-order valence-corrected chi connectivity index (χ2v) is 19.5. The number of carbonyl (C=O) groups excluding carboxylic acids is 1. The number of hydrogen-bond donors (Lipinski definition) is 2. The van der Waals surface area contributed by atoms with E-state index in [1.54, 1.807) is 13.8 Å². The fourth-order valence-electron chi connectivity index (χ4n) is 14.0. The molecule has 4 heterocycles. The van der Waals surface area contributed by atoms with Crippen molar-refractivity contribution in [2.45, 2.75) is 148 Å². The van der Waals surface area contributed by atoms with Crippen molar-refractivity contribution in [1.82, 2.24) is 4.90 Å². The molecule has 0 aromatic heterocycles. The van der Waals surface area contributed by atoms with Crippen molar-refractivity contribution >= 4 is 5.97 Å². The molecular weight excluding hydrogens is 650 g/mol. The molecule has 0 bridgehead atoms. The van der Waals surface area contributed by atoms with E-state index in [0.717, 1.165) is 71.6 Å². The summed E-state index contributed by atoms with van der Waals surface area (Å²) in [5.74, 6) is 2.21. The van der Waals surface area contributed by atoms with Gasteiger partial charge in [-0.2, -0.15) is 0 Å². The molecule has 4 aliphatic heterocycles. The first-order valence-corrected chi connectivity index (χ1v) is 20.6. The van der Waals surface area contributed by atoms with Crippen LogP contribution in [0.1, 0.15) is 107 Å². The van der Waals surface area contributed by atoms with Crippen LogP contribution in [0.4, 0.5) is 0 Å². The van der Waals surface area contributed by atoms with Crippen LogP contribution in [0.25, 0.3) is 0 Å². The molecular formula is C41H69NO9. The second-order valence-electron chi connectivity index (χ2n) is 19.5. The molecule has 10 nitrogen and oxygen atoms in total. The Labute approximate surface area is 307 Å². The predicted molar refractivity (Wildman–Crippen MR) is 192 cm³/mol. The molecule has 10 heteroatoms. The lowest BCUT2D eigenvalue weighted by atomic mass is 9.46. The standard InChI is InChI=1S/C40H63NO8.CH4O.H2/c1-36(2)31-9-7-26-28-18-30-27(6-8-29(47-30)34(37(3,4)43)49-35(42)24-11-16-44-20-24)38(28,5)13-14-39(26)23-40(31,39)12-10-32(36)48-33-19-41(15-17-46-33)25-21-45-22-25;1-2;/h24-34,43H,6-23H2,1-5H3;2H,1H3;1H/t24?,26?,27?,28?,29?,30?,31?,32-,33?,34-,38?,39-,40?;;/m0../s1. The van der Waals surface area contributed by atoms with Gasteiger partial charge in [0.05, 0.1) is 68.8 Å². The molecule has 9 aliphatic rings. The van der Waals surface area contributed by atoms with E-state index in [4.69, 9.17) is 33.5 Å². The fraction of sp³-hybridized carbons (Fsp3) is 0.976. The number of nitrogens with zero attached hydrogens (tertiary/aromatic N) is 1. The number of carbonyl (C=O) groups is 1. The van der Waals surface area contributed by atoms with E-state index in [1.165, 1.54) is 38.5 Å². The van der Waals surface area contributed by atoms with E-state index in [9.17, 15) is 9.90 Å². The van der Waals surface area contributed by atoms with E-state index in [2.05, 4.69) is 25.7 Å². The normalized spacial score (nSPS) is 48.0. The molecule has 2 spiro atoms. The van der Waals surface area contributed by atoms with Crippen LogP contribution in [-0.2, 0) is 33.2 Å². The SMILES string of the molecule is CC12CC[C@@]34CC35CC[C@H](OC3CN(C6COC6)CCO3)C(C)(C)C5CCC4C1CC1OC([C@H](OC(=O)C3CCOC3)C(C)(C)O)CCC12.CO.[HH]. The molecule has 4 saturated heterocycles. The monoisotopic (exact) mass is 719 g/mol. The van der Waals surface area contributed by atoms with E-state index < -0.39 is 11.7 Å². The van der Waals surface area contributed by atoms with Gasteiger partial charge in [0.1, 0.15) is 0 Å². The van der Waals surface area contributed by atoms with Gasteiger partial charge in [0.2, 0.25) is 0 Å². The summed E-state index contributed by atoms with van der Waals surface area (Å²) in [5, 5.41) is 18.2. The maximum Gasteiger partial charge on any atom is 0.311 e. The van der Waals surface area contributed by atoms with Crippen molar-refractivity contribution in [1.29, 1.82) is 0 Å². The molecule has 0 aromatic carbocycles. The van der Waals surface area contributed by atoms with Crippen molar-refractivity contribution < 1.29 is 44.9 Å². The van der Waals surface area contributed by atoms with Crippen LogP contribution in [0, 0.1) is 51.2 Å². The van der Waals surface area contributed by atoms with Gasteiger partial charge in [0.25, 0.3) is 0 Å². The van der Waals surface area contributed by atoms with E-state index >= 15 is 0 Å². The Morgan fingerprint density at radius 2 is 1.69 bits per heavy atom. The van der Waals surface area contributed by atoms with Crippen LogP contribution >= 0.6 is 0 Å². The summed E-state index contributed by atoms with van der Waals surface area (Å²) in [7, 11) is 1.00. The molecule has 0 amide bonds. The number of rotatable bonds is 7. The first kappa shape index (κ1) is 37.1. The number of aliphatic hydroxyl groups is 2. The van der Waals surface area contributed by atoms with E-state index in [-0.39, 0.29) is 43.3 Å². The van der Waals surface area contributed by atoms with Gasteiger partial charge in [-0.15, -0.1) is 0 Å². The average molecular weight is 720 g/mol. The van der Waals surface area contributed by atoms with Crippen molar-refractivity contribution in [3.8, 4) is 0 Å². The summed E-state index contributed by atoms with van der Waals surface area (Å²) in [4.78, 5) is 15.6. The molecule has 9 fully saturated rings. The summed E-state index contributed by atoms with van der Waals surface area (Å²) in [6.07, 6.45) is 12.2. The number of hydrogen-bond acceptors (Lipinski definition) is 10. The Morgan fingerprint density at radius 1 is 0.902 bits per heavy atom. The quantitative estimate of drug-likeness (QED) is 0.340. The highest BCUT2D eigenvalue weighted by atomic mass is 16.7. The summed E-state index contributed by atoms with van der Waals surface area (Å²) in [6, 6.07) is 0.532. The minimum absolute atomic E-state index is 0. The highest BCUT2D eigenvalue weighted by Crippen LogP contribution is 2.87. The van der Waals surface area contributed by atoms with Crippen LogP contribution in [0.3, 0.4) is 0 Å². The second kappa shape index (κ2) is 13.4. The topological polar surface area (TPSA) is 116 Å². The number of morpholine rings is 1. The maximum absolute atomic E-state index is 13.1. The minimum Gasteiger partial charge on any atom is -0.456 e. The van der Waals surface area contributed by atoms with Gasteiger partial charge in [-0.25, -0.2) is 0 Å². The van der Waals surface area contributed by atoms with Gasteiger partial charge in [0.15, 0.2) is 12.4 Å². The van der Waals surface area contributed by atoms with Gasteiger partial charge in [-0.3, -0.25) is 9.69 Å². The van der Waals surface area contributed by atoms with Crippen LogP contribution < -0.4 is 0 Å². The van der Waals surface area contributed by atoms with Crippen LogP contribution in [0.15, 0.2) is 0 Å². The Kier molecular flexibility index (Phi) is 9.76. The van der Waals surface area contributed by atoms with Crippen molar-refractivity contribution in [3.05, 3.63) is 0 Å². The van der Waals surface area contributed by atoms with Crippen LogP contribution in [0.5, 0.6) is 0 Å². The largest absolute Gasteiger partial charge is 0.456 e. The van der Waals surface area contributed by atoms with Gasteiger partial charge < -0.3 is 38.6 Å². The van der Waals surface area contributed by atoms with Gasteiger partial charge in [-0.05, 0) is 130 Å². The molecule has 5 saturated carbocycles. The third kappa shape index (κ3) is 5.89. The number of aliphatic hydroxyl groups excluding tert-OH is 1. The Bertz CT molecular complexity index is 1290. The molecule has 292 valence electrons. The maximum atomic E-state index is 13.1. The summed E-state index contributed by atoms with van der Waals surface area (Å²) in [6.45, 7) is 16.5. The fourth-order valence-corrected chi connectivity index (χ4v) is 14.0. The zero-order valence-corrected chi connectivity index (χ0v) is 32.3. The van der Waals surface area contributed by atoms with Gasteiger partial charge in [0, 0.05) is 21.7 Å². The molecule has 2 N–H and O–H groups in total. The first-order valence-electron chi connectivity index (χ1n) is 20.6. The molecule has 51 heavy (non-hydrogen) atoms. The smallest absolute Gasteiger partial charge is 0.311 e. The predicted octanol–water partition coefficient (Wildman–Crippen LogP) is 5.21. The third-order valence-corrected chi connectivity index (χ3v) is 16.6. The number of esters is 1. The van der Waals surface area contributed by atoms with Crippen LogP contribution in [-0.4, -0.2) is 117 Å².